The van der Waals surface area contributed by atoms with Crippen LogP contribution in [0.4, 0.5) is 0 Å². The van der Waals surface area contributed by atoms with Gasteiger partial charge in [-0.2, -0.15) is 0 Å². The lowest BCUT2D eigenvalue weighted by Crippen LogP contribution is -2.09. The summed E-state index contributed by atoms with van der Waals surface area (Å²) in [4.78, 5) is 0.387. The lowest BCUT2D eigenvalue weighted by Gasteiger charge is -2.22. The van der Waals surface area contributed by atoms with Gasteiger partial charge in [0.15, 0.2) is 11.5 Å². The summed E-state index contributed by atoms with van der Waals surface area (Å²) < 4.78 is 38.6. The van der Waals surface area contributed by atoms with Crippen molar-refractivity contribution in [2.75, 3.05) is 19.9 Å². The Morgan fingerprint density at radius 1 is 1.39 bits per heavy atom. The Labute approximate surface area is 114 Å². The number of methoxy groups -OCH3 is 2. The molecule has 0 fully saturated rings. The Balaban J connectivity index is 2.65. The van der Waals surface area contributed by atoms with E-state index in [1.807, 2.05) is 6.07 Å². The maximum Gasteiger partial charge on any atom is 0.177 e. The molecule has 100 valence electrons. The quantitative estimate of drug-likeness (QED) is 0.789. The van der Waals surface area contributed by atoms with E-state index in [1.165, 1.54) is 14.0 Å². The van der Waals surface area contributed by atoms with Gasteiger partial charge in [0.1, 0.15) is 0 Å². The van der Waals surface area contributed by atoms with Crippen LogP contribution in [0.2, 0.25) is 0 Å². The van der Waals surface area contributed by atoms with E-state index in [-0.39, 0.29) is 0 Å². The fourth-order valence-electron chi connectivity index (χ4n) is 2.48. The van der Waals surface area contributed by atoms with Gasteiger partial charge >= 0.3 is 0 Å². The third-order valence-electron chi connectivity index (χ3n) is 3.31. The monoisotopic (exact) mass is 270 g/mol. The highest BCUT2D eigenvalue weighted by Crippen LogP contribution is 2.41. The molecular weight excluding hydrogens is 249 g/mol. The number of ether oxygens (including phenoxy) is 2. The average molecular weight is 270 g/mol. The summed E-state index contributed by atoms with van der Waals surface area (Å²) in [5, 5.41) is 0. The van der Waals surface area contributed by atoms with Crippen LogP contribution in [0.5, 0.6) is 11.5 Å². The molecule has 0 saturated carbocycles. The first-order chi connectivity index (χ1) is 9.40. The summed E-state index contributed by atoms with van der Waals surface area (Å²) in [6.45, 7) is 1.31. The molecule has 2 atom stereocenters. The van der Waals surface area contributed by atoms with Crippen LogP contribution in [-0.4, -0.2) is 24.1 Å². The number of fused-ring (bicyclic) bond motifs is 1. The maximum atomic E-state index is 12.4. The number of aryl methyl sites for hydroxylation is 1. The molecule has 18 heavy (non-hydrogen) atoms. The summed E-state index contributed by atoms with van der Waals surface area (Å²) in [5.41, 5.74) is 0.385. The molecule has 4 heteroatoms. The van der Waals surface area contributed by atoms with Crippen molar-refractivity contribution in [3.63, 3.8) is 0 Å². The number of hydrogen-bond acceptors (Lipinski definition) is 3. The Bertz CT molecular complexity index is 538. The second-order valence-electron chi connectivity index (χ2n) is 4.26. The first-order valence-corrected chi connectivity index (χ1v) is 7.23. The highest BCUT2D eigenvalue weighted by Gasteiger charge is 2.23. The van der Waals surface area contributed by atoms with Crippen LogP contribution in [0.25, 0.3) is 0 Å². The fourth-order valence-corrected chi connectivity index (χ4v) is 3.29. The van der Waals surface area contributed by atoms with Gasteiger partial charge in [0.2, 0.25) is 0 Å². The molecular formula is C14H20O3S. The molecule has 1 aromatic rings. The lowest BCUT2D eigenvalue weighted by molar-refractivity contribution is 0.342. The third kappa shape index (κ3) is 2.26. The Kier molecular flexibility index (Phi) is 3.46. The van der Waals surface area contributed by atoms with Crippen molar-refractivity contribution in [2.45, 2.75) is 37.5 Å². The maximum absolute atomic E-state index is 12.4. The number of benzene rings is 1. The summed E-state index contributed by atoms with van der Waals surface area (Å²) in [5.74, 6) is 1.01. The highest BCUT2D eigenvalue weighted by atomic mass is 32.2. The zero-order valence-electron chi connectivity index (χ0n) is 13.0. The van der Waals surface area contributed by atoms with Gasteiger partial charge in [-0.15, -0.1) is 0 Å². The standard InChI is InChI=1S/C14H20O3S/c1-4-18(15)12-9-10-7-5-6-8-11(10)13(16-2)14(12)17-3/h9H,4-8H2,1-3H3/i4+1DH/t4-,18?/m0/s1. The molecule has 0 heterocycles. The predicted octanol–water partition coefficient (Wildman–Crippen LogP) is 2.71. The van der Waals surface area contributed by atoms with Gasteiger partial charge < -0.3 is 9.47 Å². The van der Waals surface area contributed by atoms with E-state index >= 15 is 0 Å². The van der Waals surface area contributed by atoms with E-state index in [1.54, 1.807) is 7.11 Å². The molecule has 0 saturated heterocycles. The first kappa shape index (κ1) is 10.9. The van der Waals surface area contributed by atoms with E-state index in [2.05, 4.69) is 0 Å². The molecule has 0 bridgehead atoms. The van der Waals surface area contributed by atoms with Gasteiger partial charge in [0.05, 0.1) is 29.9 Å². The summed E-state index contributed by atoms with van der Waals surface area (Å²) in [6.07, 6.45) is 4.02. The van der Waals surface area contributed by atoms with Crippen LogP contribution in [0.1, 0.15) is 33.6 Å². The summed E-state index contributed by atoms with van der Waals surface area (Å²) in [6, 6.07) is 1.83. The molecule has 0 amide bonds. The smallest absolute Gasteiger partial charge is 0.177 e. The van der Waals surface area contributed by atoms with E-state index in [9.17, 15) is 4.21 Å². The van der Waals surface area contributed by atoms with E-state index in [0.29, 0.717) is 16.4 Å². The van der Waals surface area contributed by atoms with Crippen LogP contribution in [-0.2, 0) is 23.6 Å². The topological polar surface area (TPSA) is 35.5 Å². The second-order valence-corrected chi connectivity index (χ2v) is 5.64. The normalized spacial score (nSPS) is 21.1. The SMILES string of the molecule is [1H][13C@]([2H])(C)S(=O)c1cc2c(c(OC)c1OC)CCCC2. The van der Waals surface area contributed by atoms with Crippen molar-refractivity contribution >= 4 is 10.8 Å². The van der Waals surface area contributed by atoms with Gasteiger partial charge in [0, 0.05) is 14.0 Å². The van der Waals surface area contributed by atoms with Gasteiger partial charge in [0.25, 0.3) is 0 Å². The molecule has 0 aromatic heterocycles. The Morgan fingerprint density at radius 2 is 2.06 bits per heavy atom. The minimum absolute atomic E-state index is 0.387. The van der Waals surface area contributed by atoms with Gasteiger partial charge in [-0.1, -0.05) is 6.92 Å². The lowest BCUT2D eigenvalue weighted by atomic mass is 9.90. The minimum Gasteiger partial charge on any atom is -0.493 e. The van der Waals surface area contributed by atoms with Crippen molar-refractivity contribution in [3.8, 4) is 11.5 Å². The number of rotatable bonds is 4. The molecule has 3 nitrogen and oxygen atoms in total. The summed E-state index contributed by atoms with van der Waals surface area (Å²) in [7, 11) is 1.27. The molecule has 1 aliphatic rings. The van der Waals surface area contributed by atoms with E-state index < -0.39 is 16.5 Å². The fraction of sp³-hybridized carbons (Fsp3) is 0.571. The average Bonchev–Trinajstić information content (AvgIpc) is 2.43. The van der Waals surface area contributed by atoms with Gasteiger partial charge in [-0.05, 0) is 37.3 Å². The zero-order valence-corrected chi connectivity index (χ0v) is 11.9. The van der Waals surface area contributed by atoms with Crippen molar-refractivity contribution in [2.24, 2.45) is 0 Å². The third-order valence-corrected chi connectivity index (χ3v) is 4.39. The molecule has 0 spiro atoms. The molecule has 1 unspecified atom stereocenters. The van der Waals surface area contributed by atoms with Crippen LogP contribution >= 0.6 is 0 Å². The van der Waals surface area contributed by atoms with Crippen molar-refractivity contribution in [1.29, 1.82) is 0 Å². The van der Waals surface area contributed by atoms with Crippen molar-refractivity contribution in [1.82, 2.24) is 0 Å². The Hall–Kier alpha value is -1.03. The van der Waals surface area contributed by atoms with Crippen LogP contribution in [0, 0.1) is 0 Å². The largest absolute Gasteiger partial charge is 0.493 e. The van der Waals surface area contributed by atoms with E-state index in [4.69, 9.17) is 12.2 Å². The second kappa shape index (κ2) is 5.74. The predicted molar refractivity (Wildman–Crippen MR) is 73.1 cm³/mol. The van der Waals surface area contributed by atoms with Gasteiger partial charge in [-0.3, -0.25) is 4.21 Å². The van der Waals surface area contributed by atoms with Crippen LogP contribution < -0.4 is 9.47 Å². The molecule has 0 N–H and O–H groups in total. The Morgan fingerprint density at radius 3 is 2.67 bits per heavy atom. The van der Waals surface area contributed by atoms with Crippen molar-refractivity contribution < 1.29 is 16.4 Å². The van der Waals surface area contributed by atoms with E-state index in [0.717, 1.165) is 36.8 Å². The highest BCUT2D eigenvalue weighted by molar-refractivity contribution is 7.85. The first-order valence-electron chi connectivity index (χ1n) is 7.08. The molecule has 0 aliphatic heterocycles. The number of hydrogen-bond donors (Lipinski definition) is 0. The molecule has 2 rings (SSSR count). The molecule has 0 radical (unpaired) electrons. The van der Waals surface area contributed by atoms with Crippen LogP contribution in [0.15, 0.2) is 11.0 Å². The van der Waals surface area contributed by atoms with Crippen LogP contribution in [0.3, 0.4) is 0 Å². The zero-order chi connectivity index (χ0) is 14.9. The molecule has 1 aromatic carbocycles. The molecule has 1 aliphatic carbocycles. The minimum atomic E-state index is -1.82. The summed E-state index contributed by atoms with van der Waals surface area (Å²) >= 11 is 0. The van der Waals surface area contributed by atoms with Crippen molar-refractivity contribution in [3.05, 3.63) is 17.2 Å². The van der Waals surface area contributed by atoms with Gasteiger partial charge in [-0.25, -0.2) is 0 Å².